The van der Waals surface area contributed by atoms with Crippen LogP contribution in [0.1, 0.15) is 38.5 Å². The van der Waals surface area contributed by atoms with Crippen LogP contribution in [0.3, 0.4) is 0 Å². The Balaban J connectivity index is 1.96. The first-order valence-corrected chi connectivity index (χ1v) is 5.71. The van der Waals surface area contributed by atoms with Crippen LogP contribution >= 0.6 is 0 Å². The van der Waals surface area contributed by atoms with Crippen molar-refractivity contribution < 1.29 is 14.7 Å². The highest BCUT2D eigenvalue weighted by Gasteiger charge is 2.37. The highest BCUT2D eigenvalue weighted by molar-refractivity contribution is 5.83. The van der Waals surface area contributed by atoms with Gasteiger partial charge in [0.15, 0.2) is 0 Å². The van der Waals surface area contributed by atoms with Crippen LogP contribution in [0.4, 0.5) is 0 Å². The molecule has 2 aliphatic carbocycles. The lowest BCUT2D eigenvalue weighted by atomic mass is 10.1. The zero-order valence-corrected chi connectivity index (χ0v) is 8.82. The van der Waals surface area contributed by atoms with E-state index in [1.54, 1.807) is 4.90 Å². The van der Waals surface area contributed by atoms with E-state index in [4.69, 9.17) is 5.11 Å². The van der Waals surface area contributed by atoms with Crippen LogP contribution in [0.2, 0.25) is 0 Å². The molecule has 1 N–H and O–H groups in total. The van der Waals surface area contributed by atoms with Gasteiger partial charge in [0.1, 0.15) is 6.54 Å². The Morgan fingerprint density at radius 2 is 1.73 bits per heavy atom. The molecule has 0 unspecified atom stereocenters. The van der Waals surface area contributed by atoms with Crippen LogP contribution < -0.4 is 0 Å². The second-order valence-electron chi connectivity index (χ2n) is 4.57. The van der Waals surface area contributed by atoms with Gasteiger partial charge in [-0.1, -0.05) is 12.8 Å². The minimum absolute atomic E-state index is 0.0809. The Bertz CT molecular complexity index is 267. The number of carboxylic acids is 1. The number of hydrogen-bond acceptors (Lipinski definition) is 2. The lowest BCUT2D eigenvalue weighted by molar-refractivity contribution is -0.146. The summed E-state index contributed by atoms with van der Waals surface area (Å²) in [6.07, 6.45) is 6.07. The van der Waals surface area contributed by atoms with Crippen molar-refractivity contribution in [3.8, 4) is 0 Å². The van der Waals surface area contributed by atoms with Gasteiger partial charge in [-0.05, 0) is 25.7 Å². The Morgan fingerprint density at radius 1 is 1.13 bits per heavy atom. The summed E-state index contributed by atoms with van der Waals surface area (Å²) in [6, 6.07) is 0.217. The normalized spacial score (nSPS) is 21.6. The first-order chi connectivity index (χ1) is 7.18. The van der Waals surface area contributed by atoms with E-state index in [0.29, 0.717) is 0 Å². The van der Waals surface area contributed by atoms with E-state index in [-0.39, 0.29) is 24.4 Å². The van der Waals surface area contributed by atoms with Gasteiger partial charge < -0.3 is 10.0 Å². The molecule has 0 aliphatic heterocycles. The van der Waals surface area contributed by atoms with E-state index >= 15 is 0 Å². The lowest BCUT2D eigenvalue weighted by Gasteiger charge is -2.23. The first kappa shape index (κ1) is 10.5. The molecular weight excluding hydrogens is 194 g/mol. The Morgan fingerprint density at radius 3 is 2.20 bits per heavy atom. The molecule has 0 saturated heterocycles. The number of carbonyl (C=O) groups is 2. The van der Waals surface area contributed by atoms with Gasteiger partial charge in [-0.15, -0.1) is 0 Å². The van der Waals surface area contributed by atoms with Crippen LogP contribution in [-0.2, 0) is 9.59 Å². The summed E-state index contributed by atoms with van der Waals surface area (Å²) in [4.78, 5) is 24.3. The fourth-order valence-corrected chi connectivity index (χ4v) is 2.33. The molecular formula is C11H17NO3. The van der Waals surface area contributed by atoms with E-state index in [1.807, 2.05) is 0 Å². The lowest BCUT2D eigenvalue weighted by Crippen LogP contribution is -2.40. The number of carboxylic acid groups (broad SMARTS) is 1. The van der Waals surface area contributed by atoms with E-state index in [0.717, 1.165) is 38.5 Å². The molecule has 0 radical (unpaired) electrons. The van der Waals surface area contributed by atoms with Crippen molar-refractivity contribution in [1.29, 1.82) is 0 Å². The highest BCUT2D eigenvalue weighted by atomic mass is 16.4. The van der Waals surface area contributed by atoms with Crippen LogP contribution in [0, 0.1) is 5.92 Å². The fourth-order valence-electron chi connectivity index (χ4n) is 2.33. The summed E-state index contributed by atoms with van der Waals surface area (Å²) >= 11 is 0. The molecule has 2 fully saturated rings. The van der Waals surface area contributed by atoms with Crippen LogP contribution in [0.15, 0.2) is 0 Å². The second-order valence-corrected chi connectivity index (χ2v) is 4.57. The van der Waals surface area contributed by atoms with Crippen molar-refractivity contribution >= 4 is 11.9 Å². The molecule has 2 saturated carbocycles. The number of rotatable bonds is 4. The summed E-state index contributed by atoms with van der Waals surface area (Å²) in [7, 11) is 0. The Hall–Kier alpha value is -1.06. The molecule has 4 heteroatoms. The third kappa shape index (κ3) is 2.49. The molecule has 0 aromatic rings. The van der Waals surface area contributed by atoms with Gasteiger partial charge in [-0.3, -0.25) is 9.59 Å². The van der Waals surface area contributed by atoms with Crippen molar-refractivity contribution in [2.75, 3.05) is 6.54 Å². The molecule has 1 amide bonds. The van der Waals surface area contributed by atoms with E-state index < -0.39 is 5.97 Å². The highest BCUT2D eigenvalue weighted by Crippen LogP contribution is 2.32. The molecule has 0 heterocycles. The summed E-state index contributed by atoms with van der Waals surface area (Å²) in [6.45, 7) is -0.111. The zero-order chi connectivity index (χ0) is 10.8. The maximum absolute atomic E-state index is 12.0. The second kappa shape index (κ2) is 4.21. The van der Waals surface area contributed by atoms with Gasteiger partial charge >= 0.3 is 5.97 Å². The third-order valence-corrected chi connectivity index (χ3v) is 3.28. The van der Waals surface area contributed by atoms with Crippen molar-refractivity contribution in [3.05, 3.63) is 0 Å². The van der Waals surface area contributed by atoms with Crippen molar-refractivity contribution in [3.63, 3.8) is 0 Å². The molecule has 0 aromatic heterocycles. The smallest absolute Gasteiger partial charge is 0.323 e. The molecule has 0 atom stereocenters. The van der Waals surface area contributed by atoms with Crippen LogP contribution in [0.25, 0.3) is 0 Å². The predicted molar refractivity (Wildman–Crippen MR) is 54.3 cm³/mol. The Kier molecular flexibility index (Phi) is 2.93. The Labute approximate surface area is 89.3 Å². The van der Waals surface area contributed by atoms with E-state index in [1.165, 1.54) is 0 Å². The van der Waals surface area contributed by atoms with Crippen molar-refractivity contribution in [2.24, 2.45) is 5.92 Å². The number of nitrogens with zero attached hydrogens (tertiary/aromatic N) is 1. The maximum atomic E-state index is 12.0. The molecule has 84 valence electrons. The fraction of sp³-hybridized carbons (Fsp3) is 0.818. The first-order valence-electron chi connectivity index (χ1n) is 5.71. The molecule has 4 nitrogen and oxygen atoms in total. The SMILES string of the molecule is O=C(O)CN(C(=O)C1CCCC1)C1CC1. The molecule has 0 bridgehead atoms. The number of aliphatic carboxylic acids is 1. The molecule has 0 spiro atoms. The van der Waals surface area contributed by atoms with Gasteiger partial charge in [0, 0.05) is 12.0 Å². The van der Waals surface area contributed by atoms with Gasteiger partial charge in [-0.25, -0.2) is 0 Å². The van der Waals surface area contributed by atoms with Gasteiger partial charge in [-0.2, -0.15) is 0 Å². The van der Waals surface area contributed by atoms with Gasteiger partial charge in [0.05, 0.1) is 0 Å². The summed E-state index contributed by atoms with van der Waals surface area (Å²) < 4.78 is 0. The molecule has 2 rings (SSSR count). The standard InChI is InChI=1S/C11H17NO3/c13-10(14)7-12(9-5-6-9)11(15)8-3-1-2-4-8/h8-9H,1-7H2,(H,13,14). The molecule has 15 heavy (non-hydrogen) atoms. The summed E-state index contributed by atoms with van der Waals surface area (Å²) in [5, 5.41) is 8.76. The largest absolute Gasteiger partial charge is 0.480 e. The number of amides is 1. The topological polar surface area (TPSA) is 57.6 Å². The monoisotopic (exact) mass is 211 g/mol. The van der Waals surface area contributed by atoms with E-state index in [2.05, 4.69) is 0 Å². The predicted octanol–water partition coefficient (Wildman–Crippen LogP) is 1.25. The average molecular weight is 211 g/mol. The minimum Gasteiger partial charge on any atom is -0.480 e. The number of carbonyl (C=O) groups excluding carboxylic acids is 1. The van der Waals surface area contributed by atoms with Crippen molar-refractivity contribution in [2.45, 2.75) is 44.6 Å². The zero-order valence-electron chi connectivity index (χ0n) is 8.82. The molecule has 0 aromatic carbocycles. The van der Waals surface area contributed by atoms with Gasteiger partial charge in [0.2, 0.25) is 5.91 Å². The van der Waals surface area contributed by atoms with Crippen LogP contribution in [0.5, 0.6) is 0 Å². The number of hydrogen-bond donors (Lipinski definition) is 1. The van der Waals surface area contributed by atoms with Gasteiger partial charge in [0.25, 0.3) is 0 Å². The maximum Gasteiger partial charge on any atom is 0.323 e. The third-order valence-electron chi connectivity index (χ3n) is 3.28. The van der Waals surface area contributed by atoms with Crippen LogP contribution in [-0.4, -0.2) is 34.5 Å². The van der Waals surface area contributed by atoms with Crippen molar-refractivity contribution in [1.82, 2.24) is 4.90 Å². The quantitative estimate of drug-likeness (QED) is 0.761. The average Bonchev–Trinajstić information content (AvgIpc) is 2.88. The minimum atomic E-state index is -0.895. The summed E-state index contributed by atoms with van der Waals surface area (Å²) in [5.41, 5.74) is 0. The molecule has 2 aliphatic rings. The summed E-state index contributed by atoms with van der Waals surface area (Å²) in [5.74, 6) is -0.712. The van der Waals surface area contributed by atoms with E-state index in [9.17, 15) is 9.59 Å².